The molecule has 0 fully saturated rings. The number of aliphatic carboxylic acids is 1. The molecular weight excluding hydrogens is 212 g/mol. The van der Waals surface area contributed by atoms with Crippen molar-refractivity contribution >= 4 is 28.7 Å². The van der Waals surface area contributed by atoms with E-state index in [4.69, 9.17) is 0 Å². The zero-order valence-corrected chi connectivity index (χ0v) is 8.80. The van der Waals surface area contributed by atoms with E-state index in [0.717, 1.165) is 10.5 Å². The first-order valence-electron chi connectivity index (χ1n) is 4.67. The monoisotopic (exact) mass is 221 g/mol. The van der Waals surface area contributed by atoms with Gasteiger partial charge in [-0.25, -0.2) is 0 Å². The highest BCUT2D eigenvalue weighted by Gasteiger charge is 2.24. The van der Waals surface area contributed by atoms with Crippen LogP contribution in [0.5, 0.6) is 0 Å². The molecule has 0 saturated carbocycles. The Morgan fingerprint density at radius 2 is 2.27 bits per heavy atom. The van der Waals surface area contributed by atoms with Crippen LogP contribution in [-0.2, 0) is 9.59 Å². The molecule has 2 rings (SSSR count). The predicted octanol–water partition coefficient (Wildman–Crippen LogP) is 1.00. The van der Waals surface area contributed by atoms with Crippen LogP contribution in [0.3, 0.4) is 0 Å². The highest BCUT2D eigenvalue weighted by molar-refractivity contribution is 7.11. The molecule has 0 amide bonds. The number of hydrogen-bond acceptors (Lipinski definition) is 4. The molecule has 0 radical (unpaired) electrons. The quantitative estimate of drug-likeness (QED) is 0.765. The summed E-state index contributed by atoms with van der Waals surface area (Å²) in [6.45, 7) is 0. The normalized spacial score (nSPS) is 16.1. The molecule has 1 aliphatic carbocycles. The first kappa shape index (κ1) is 10.1. The molecule has 1 aromatic rings. The lowest BCUT2D eigenvalue weighted by atomic mass is 10.1. The van der Waals surface area contributed by atoms with Crippen molar-refractivity contribution in [3.63, 3.8) is 0 Å². The zero-order valence-electron chi connectivity index (χ0n) is 7.99. The summed E-state index contributed by atoms with van der Waals surface area (Å²) in [5, 5.41) is 12.4. The average Bonchev–Trinajstić information content (AvgIpc) is 2.76. The third-order valence-corrected chi connectivity index (χ3v) is 3.37. The second kappa shape index (κ2) is 3.98. The maximum Gasteiger partial charge on any atom is 0.159 e. The number of carboxylic acid groups (broad SMARTS) is 1. The van der Waals surface area contributed by atoms with Gasteiger partial charge in [-0.15, -0.1) is 11.3 Å². The lowest BCUT2D eigenvalue weighted by molar-refractivity contribution is -0.304. The summed E-state index contributed by atoms with van der Waals surface area (Å²) in [6.07, 6.45) is 0.823. The van der Waals surface area contributed by atoms with E-state index in [9.17, 15) is 14.7 Å². The third-order valence-electron chi connectivity index (χ3n) is 2.44. The molecule has 15 heavy (non-hydrogen) atoms. The molecule has 78 valence electrons. The molecule has 4 heteroatoms. The number of Topliss-reactive ketones (excluding diaryl/α,β-unsaturated/α-hetero) is 1. The van der Waals surface area contributed by atoms with E-state index in [-0.39, 0.29) is 12.2 Å². The minimum Gasteiger partial charge on any atom is -0.550 e. The number of carboxylic acids is 1. The fraction of sp³-hybridized carbons (Fsp3) is 0.273. The van der Waals surface area contributed by atoms with E-state index < -0.39 is 5.97 Å². The molecule has 3 nitrogen and oxygen atoms in total. The molecule has 0 saturated heterocycles. The molecule has 0 unspecified atom stereocenters. The van der Waals surface area contributed by atoms with Gasteiger partial charge in [0.05, 0.1) is 0 Å². The summed E-state index contributed by atoms with van der Waals surface area (Å²) in [4.78, 5) is 23.0. The van der Waals surface area contributed by atoms with E-state index in [1.165, 1.54) is 11.3 Å². The summed E-state index contributed by atoms with van der Waals surface area (Å²) in [7, 11) is 0. The van der Waals surface area contributed by atoms with Gasteiger partial charge in [-0.2, -0.15) is 0 Å². The van der Waals surface area contributed by atoms with Crippen molar-refractivity contribution in [2.75, 3.05) is 0 Å². The van der Waals surface area contributed by atoms with Crippen molar-refractivity contribution in [3.8, 4) is 0 Å². The Labute approximate surface area is 91.0 Å². The first-order chi connectivity index (χ1) is 7.18. The standard InChI is InChI=1S/C11H10O3S/c12-9-4-3-7(8(9)6-11(13)14)10-2-1-5-15-10/h1-2,5H,3-4,6H2,(H,13,14)/p-1. The molecular formula is C11H9O3S-. The molecule has 0 aromatic carbocycles. The maximum atomic E-state index is 11.5. The number of carbonyl (C=O) groups is 2. The lowest BCUT2D eigenvalue weighted by Crippen LogP contribution is -2.23. The number of ketones is 1. The molecule has 0 atom stereocenters. The second-order valence-corrected chi connectivity index (χ2v) is 4.35. The molecule has 1 heterocycles. The molecule has 0 N–H and O–H groups in total. The highest BCUT2D eigenvalue weighted by atomic mass is 32.1. The van der Waals surface area contributed by atoms with Crippen molar-refractivity contribution in [1.82, 2.24) is 0 Å². The van der Waals surface area contributed by atoms with E-state index in [1.54, 1.807) is 0 Å². The minimum absolute atomic E-state index is 0.0531. The smallest absolute Gasteiger partial charge is 0.159 e. The average molecular weight is 221 g/mol. The van der Waals surface area contributed by atoms with Gasteiger partial charge in [0.15, 0.2) is 5.78 Å². The van der Waals surface area contributed by atoms with Gasteiger partial charge in [0, 0.05) is 29.3 Å². The molecule has 0 bridgehead atoms. The molecule has 1 aliphatic rings. The minimum atomic E-state index is -1.19. The van der Waals surface area contributed by atoms with Gasteiger partial charge in [-0.05, 0) is 23.4 Å². The Bertz CT molecular complexity index is 429. The van der Waals surface area contributed by atoms with Crippen LogP contribution in [0.2, 0.25) is 0 Å². The van der Waals surface area contributed by atoms with Crippen LogP contribution in [0.25, 0.3) is 5.57 Å². The Morgan fingerprint density at radius 3 is 2.87 bits per heavy atom. The van der Waals surface area contributed by atoms with Crippen LogP contribution < -0.4 is 5.11 Å². The molecule has 1 aromatic heterocycles. The van der Waals surface area contributed by atoms with Gasteiger partial charge in [0.25, 0.3) is 0 Å². The SMILES string of the molecule is O=C([O-])CC1=C(c2cccs2)CCC1=O. The number of allylic oxidation sites excluding steroid dienone is 1. The summed E-state index contributed by atoms with van der Waals surface area (Å²) < 4.78 is 0. The van der Waals surface area contributed by atoms with E-state index >= 15 is 0 Å². The fourth-order valence-corrected chi connectivity index (χ4v) is 2.61. The maximum absolute atomic E-state index is 11.5. The summed E-state index contributed by atoms with van der Waals surface area (Å²) in [5.74, 6) is -1.24. The molecule has 0 aliphatic heterocycles. The van der Waals surface area contributed by atoms with Gasteiger partial charge in [0.1, 0.15) is 0 Å². The number of carbonyl (C=O) groups excluding carboxylic acids is 2. The highest BCUT2D eigenvalue weighted by Crippen LogP contribution is 2.35. The van der Waals surface area contributed by atoms with Gasteiger partial charge in [-0.1, -0.05) is 6.07 Å². The molecule has 0 spiro atoms. The van der Waals surface area contributed by atoms with Gasteiger partial charge < -0.3 is 9.90 Å². The number of thiophene rings is 1. The topological polar surface area (TPSA) is 57.2 Å². The Balaban J connectivity index is 2.38. The van der Waals surface area contributed by atoms with Crippen LogP contribution in [-0.4, -0.2) is 11.8 Å². The second-order valence-electron chi connectivity index (χ2n) is 3.41. The van der Waals surface area contributed by atoms with Crippen molar-refractivity contribution in [1.29, 1.82) is 0 Å². The summed E-state index contributed by atoms with van der Waals surface area (Å²) in [5.41, 5.74) is 1.32. The van der Waals surface area contributed by atoms with Gasteiger partial charge in [-0.3, -0.25) is 4.79 Å². The summed E-state index contributed by atoms with van der Waals surface area (Å²) >= 11 is 1.53. The Hall–Kier alpha value is -1.42. The Kier molecular flexibility index (Phi) is 2.68. The number of rotatable bonds is 3. The lowest BCUT2D eigenvalue weighted by Gasteiger charge is -2.05. The number of hydrogen-bond donors (Lipinski definition) is 0. The van der Waals surface area contributed by atoms with Crippen LogP contribution in [0.4, 0.5) is 0 Å². The van der Waals surface area contributed by atoms with Crippen molar-refractivity contribution < 1.29 is 14.7 Å². The van der Waals surface area contributed by atoms with Crippen molar-refractivity contribution in [3.05, 3.63) is 28.0 Å². The van der Waals surface area contributed by atoms with E-state index in [2.05, 4.69) is 0 Å². The Morgan fingerprint density at radius 1 is 1.47 bits per heavy atom. The van der Waals surface area contributed by atoms with Crippen LogP contribution >= 0.6 is 11.3 Å². The van der Waals surface area contributed by atoms with Crippen LogP contribution in [0, 0.1) is 0 Å². The fourth-order valence-electron chi connectivity index (χ4n) is 1.78. The van der Waals surface area contributed by atoms with Crippen molar-refractivity contribution in [2.45, 2.75) is 19.3 Å². The van der Waals surface area contributed by atoms with E-state index in [0.29, 0.717) is 18.4 Å². The third kappa shape index (κ3) is 1.99. The van der Waals surface area contributed by atoms with Gasteiger partial charge >= 0.3 is 0 Å². The summed E-state index contributed by atoms with van der Waals surface area (Å²) in [6, 6.07) is 3.81. The zero-order chi connectivity index (χ0) is 10.8. The largest absolute Gasteiger partial charge is 0.550 e. The van der Waals surface area contributed by atoms with Crippen LogP contribution in [0.1, 0.15) is 24.1 Å². The first-order valence-corrected chi connectivity index (χ1v) is 5.55. The van der Waals surface area contributed by atoms with Crippen molar-refractivity contribution in [2.24, 2.45) is 0 Å². The van der Waals surface area contributed by atoms with Gasteiger partial charge in [0.2, 0.25) is 0 Å². The van der Waals surface area contributed by atoms with Crippen LogP contribution in [0.15, 0.2) is 23.1 Å². The predicted molar refractivity (Wildman–Crippen MR) is 55.1 cm³/mol. The van der Waals surface area contributed by atoms with E-state index in [1.807, 2.05) is 17.5 Å².